The first-order valence-electron chi connectivity index (χ1n) is 6.21. The highest BCUT2D eigenvalue weighted by atomic mass is 16.5. The van der Waals surface area contributed by atoms with Gasteiger partial charge >= 0.3 is 6.03 Å². The third-order valence-electron chi connectivity index (χ3n) is 2.96. The van der Waals surface area contributed by atoms with Gasteiger partial charge in [-0.05, 0) is 12.1 Å². The molecule has 21 heavy (non-hydrogen) atoms. The van der Waals surface area contributed by atoms with Crippen molar-refractivity contribution in [2.24, 2.45) is 5.73 Å². The molecule has 0 atom stereocenters. The molecule has 3 N–H and O–H groups in total. The van der Waals surface area contributed by atoms with Crippen LogP contribution in [0.5, 0.6) is 11.5 Å². The normalized spacial score (nSPS) is 13.8. The second-order valence-corrected chi connectivity index (χ2v) is 4.29. The highest BCUT2D eigenvalue weighted by Gasteiger charge is 2.26. The molecule has 1 heterocycles. The summed E-state index contributed by atoms with van der Waals surface area (Å²) in [6, 6.07) is 4.01. The van der Waals surface area contributed by atoms with Crippen molar-refractivity contribution < 1.29 is 23.9 Å². The van der Waals surface area contributed by atoms with Crippen LogP contribution in [0, 0.1) is 0 Å². The van der Waals surface area contributed by atoms with Crippen LogP contribution in [0.25, 0.3) is 0 Å². The summed E-state index contributed by atoms with van der Waals surface area (Å²) in [5.74, 6) is -0.585. The molecule has 8 heteroatoms. The first-order valence-corrected chi connectivity index (χ1v) is 6.21. The van der Waals surface area contributed by atoms with Crippen molar-refractivity contribution in [3.63, 3.8) is 0 Å². The number of carbonyl (C=O) groups excluding carboxylic acids is 3. The van der Waals surface area contributed by atoms with Gasteiger partial charge in [0, 0.05) is 19.2 Å². The van der Waals surface area contributed by atoms with Crippen molar-refractivity contribution in [3.05, 3.63) is 23.8 Å². The zero-order chi connectivity index (χ0) is 15.4. The van der Waals surface area contributed by atoms with E-state index in [0.29, 0.717) is 18.8 Å². The van der Waals surface area contributed by atoms with E-state index in [1.165, 1.54) is 19.2 Å². The Kier molecular flexibility index (Phi) is 4.27. The molecule has 0 radical (unpaired) electrons. The van der Waals surface area contributed by atoms with Gasteiger partial charge in [0.1, 0.15) is 11.5 Å². The van der Waals surface area contributed by atoms with Crippen LogP contribution in [-0.4, -0.2) is 49.6 Å². The molecule has 2 rings (SSSR count). The number of rotatable bonds is 5. The first-order chi connectivity index (χ1) is 10.0. The molecule has 0 saturated carbocycles. The number of imide groups is 1. The van der Waals surface area contributed by atoms with Gasteiger partial charge in [-0.2, -0.15) is 0 Å². The predicted octanol–water partition coefficient (Wildman–Crippen LogP) is -0.275. The Morgan fingerprint density at radius 2 is 2.19 bits per heavy atom. The SMILES string of the molecule is COc1ccc(C(N)=O)c(OCC(=O)N2CCNC2=O)c1. The molecule has 112 valence electrons. The van der Waals surface area contributed by atoms with Crippen molar-refractivity contribution in [1.29, 1.82) is 0 Å². The number of nitrogens with zero attached hydrogens (tertiary/aromatic N) is 1. The summed E-state index contributed by atoms with van der Waals surface area (Å²) in [6.45, 7) is 0.332. The standard InChI is InChI=1S/C13H15N3O5/c1-20-8-2-3-9(12(14)18)10(6-8)21-7-11(17)16-5-4-15-13(16)19/h2-3,6H,4-5,7H2,1H3,(H2,14,18)(H,15,19). The van der Waals surface area contributed by atoms with Crippen LogP contribution in [0.15, 0.2) is 18.2 Å². The number of hydrogen-bond donors (Lipinski definition) is 2. The van der Waals surface area contributed by atoms with E-state index < -0.39 is 17.8 Å². The molecular weight excluding hydrogens is 278 g/mol. The summed E-state index contributed by atoms with van der Waals surface area (Å²) < 4.78 is 10.3. The molecular formula is C13H15N3O5. The quantitative estimate of drug-likeness (QED) is 0.776. The zero-order valence-corrected chi connectivity index (χ0v) is 11.4. The summed E-state index contributed by atoms with van der Waals surface area (Å²) in [6.07, 6.45) is 0. The molecule has 8 nitrogen and oxygen atoms in total. The molecule has 1 aliphatic heterocycles. The van der Waals surface area contributed by atoms with Crippen LogP contribution >= 0.6 is 0 Å². The van der Waals surface area contributed by atoms with E-state index in [9.17, 15) is 14.4 Å². The minimum Gasteiger partial charge on any atom is -0.497 e. The second-order valence-electron chi connectivity index (χ2n) is 4.29. The van der Waals surface area contributed by atoms with E-state index >= 15 is 0 Å². The van der Waals surface area contributed by atoms with Gasteiger partial charge in [0.15, 0.2) is 6.61 Å². The van der Waals surface area contributed by atoms with Gasteiger partial charge in [-0.3, -0.25) is 14.5 Å². The zero-order valence-electron chi connectivity index (χ0n) is 11.4. The van der Waals surface area contributed by atoms with Gasteiger partial charge in [0.05, 0.1) is 12.7 Å². The van der Waals surface area contributed by atoms with E-state index in [0.717, 1.165) is 4.90 Å². The minimum atomic E-state index is -0.681. The van der Waals surface area contributed by atoms with Gasteiger partial charge in [-0.25, -0.2) is 4.79 Å². The second kappa shape index (κ2) is 6.12. The highest BCUT2D eigenvalue weighted by Crippen LogP contribution is 2.24. The molecule has 1 fully saturated rings. The average Bonchev–Trinajstić information content (AvgIpc) is 2.90. The summed E-state index contributed by atoms with van der Waals surface area (Å²) in [5.41, 5.74) is 5.37. The third-order valence-corrected chi connectivity index (χ3v) is 2.96. The van der Waals surface area contributed by atoms with E-state index in [-0.39, 0.29) is 17.9 Å². The largest absolute Gasteiger partial charge is 0.497 e. The van der Waals surface area contributed by atoms with Crippen LogP contribution in [0.4, 0.5) is 4.79 Å². The Morgan fingerprint density at radius 1 is 1.43 bits per heavy atom. The monoisotopic (exact) mass is 293 g/mol. The van der Waals surface area contributed by atoms with Crippen molar-refractivity contribution in [1.82, 2.24) is 10.2 Å². The molecule has 0 aromatic heterocycles. The number of urea groups is 1. The molecule has 0 unspecified atom stereocenters. The highest BCUT2D eigenvalue weighted by molar-refractivity contribution is 5.97. The Labute approximate surface area is 120 Å². The maximum Gasteiger partial charge on any atom is 0.324 e. The molecule has 0 bridgehead atoms. The number of benzene rings is 1. The van der Waals surface area contributed by atoms with Gasteiger partial charge < -0.3 is 20.5 Å². The molecule has 1 aromatic carbocycles. The maximum atomic E-state index is 11.9. The molecule has 0 spiro atoms. The Bertz CT molecular complexity index is 587. The van der Waals surface area contributed by atoms with E-state index in [1.54, 1.807) is 6.07 Å². The number of methoxy groups -OCH3 is 1. The van der Waals surface area contributed by atoms with E-state index in [4.69, 9.17) is 15.2 Å². The lowest BCUT2D eigenvalue weighted by Gasteiger charge is -2.14. The molecule has 0 aliphatic carbocycles. The van der Waals surface area contributed by atoms with Crippen LogP contribution in [-0.2, 0) is 4.79 Å². The van der Waals surface area contributed by atoms with Gasteiger partial charge in [-0.15, -0.1) is 0 Å². The lowest BCUT2D eigenvalue weighted by Crippen LogP contribution is -2.37. The van der Waals surface area contributed by atoms with Crippen molar-refractivity contribution >= 4 is 17.8 Å². The lowest BCUT2D eigenvalue weighted by atomic mass is 10.2. The van der Waals surface area contributed by atoms with Gasteiger partial charge in [-0.1, -0.05) is 0 Å². The number of carbonyl (C=O) groups is 3. The van der Waals surface area contributed by atoms with Crippen molar-refractivity contribution in [3.8, 4) is 11.5 Å². The minimum absolute atomic E-state index is 0.134. The Morgan fingerprint density at radius 3 is 2.76 bits per heavy atom. The molecule has 1 saturated heterocycles. The fourth-order valence-corrected chi connectivity index (χ4v) is 1.88. The Balaban J connectivity index is 2.09. The summed E-state index contributed by atoms with van der Waals surface area (Å²) in [5, 5.41) is 2.51. The maximum absolute atomic E-state index is 11.9. The fraction of sp³-hybridized carbons (Fsp3) is 0.308. The lowest BCUT2D eigenvalue weighted by molar-refractivity contribution is -0.129. The summed E-state index contributed by atoms with van der Waals surface area (Å²) in [7, 11) is 1.46. The molecule has 1 aliphatic rings. The van der Waals surface area contributed by atoms with Gasteiger partial charge in [0.25, 0.3) is 11.8 Å². The third kappa shape index (κ3) is 3.22. The summed E-state index contributed by atoms with van der Waals surface area (Å²) >= 11 is 0. The fourth-order valence-electron chi connectivity index (χ4n) is 1.88. The van der Waals surface area contributed by atoms with Crippen LogP contribution in [0.1, 0.15) is 10.4 Å². The average molecular weight is 293 g/mol. The van der Waals surface area contributed by atoms with Crippen LogP contribution < -0.4 is 20.5 Å². The topological polar surface area (TPSA) is 111 Å². The summed E-state index contributed by atoms with van der Waals surface area (Å²) in [4.78, 5) is 35.6. The van der Waals surface area contributed by atoms with E-state index in [2.05, 4.69) is 5.32 Å². The van der Waals surface area contributed by atoms with Crippen LogP contribution in [0.3, 0.4) is 0 Å². The number of nitrogens with one attached hydrogen (secondary N) is 1. The smallest absolute Gasteiger partial charge is 0.324 e. The van der Waals surface area contributed by atoms with E-state index in [1.807, 2.05) is 0 Å². The predicted molar refractivity (Wildman–Crippen MR) is 72.1 cm³/mol. The number of nitrogens with two attached hydrogens (primary N) is 1. The Hall–Kier alpha value is -2.77. The molecule has 4 amide bonds. The number of ether oxygens (including phenoxy) is 2. The van der Waals surface area contributed by atoms with Crippen LogP contribution in [0.2, 0.25) is 0 Å². The van der Waals surface area contributed by atoms with Crippen molar-refractivity contribution in [2.75, 3.05) is 26.8 Å². The number of primary amides is 1. The number of hydrogen-bond acceptors (Lipinski definition) is 5. The number of amides is 4. The van der Waals surface area contributed by atoms with Gasteiger partial charge in [0.2, 0.25) is 0 Å². The first kappa shape index (κ1) is 14.6. The van der Waals surface area contributed by atoms with Crippen molar-refractivity contribution in [2.45, 2.75) is 0 Å². The molecule has 1 aromatic rings.